The predicted molar refractivity (Wildman–Crippen MR) is 59.3 cm³/mol. The summed E-state index contributed by atoms with van der Waals surface area (Å²) in [6.45, 7) is 9.28. The zero-order valence-electron chi connectivity index (χ0n) is 10.1. The number of hydrogen-bond donors (Lipinski definition) is 0. The van der Waals surface area contributed by atoms with Gasteiger partial charge in [-0.3, -0.25) is 4.79 Å². The Labute approximate surface area is 91.7 Å². The zero-order chi connectivity index (χ0) is 11.2. The molecular weight excluding hydrogens is 188 g/mol. The molecule has 2 rings (SSSR count). The van der Waals surface area contributed by atoms with Gasteiger partial charge in [-0.2, -0.15) is 0 Å². The smallest absolute Gasteiger partial charge is 0.165 e. The summed E-state index contributed by atoms with van der Waals surface area (Å²) in [5.41, 5.74) is 0.980. The molecule has 0 saturated heterocycles. The molecule has 0 bridgehead atoms. The van der Waals surface area contributed by atoms with Gasteiger partial charge in [0, 0.05) is 17.4 Å². The van der Waals surface area contributed by atoms with E-state index < -0.39 is 0 Å². The number of allylic oxidation sites excluding steroid dienone is 2. The Morgan fingerprint density at radius 2 is 1.93 bits per heavy atom. The Bertz CT molecular complexity index is 325. The summed E-state index contributed by atoms with van der Waals surface area (Å²) in [5, 5.41) is 0. The van der Waals surface area contributed by atoms with E-state index in [1.54, 1.807) is 0 Å². The Kier molecular flexibility index (Phi) is 2.40. The molecule has 1 heterocycles. The van der Waals surface area contributed by atoms with Crippen molar-refractivity contribution in [1.29, 1.82) is 0 Å². The minimum atomic E-state index is 0.00755. The predicted octanol–water partition coefficient (Wildman–Crippen LogP) is 2.93. The average Bonchev–Trinajstić information content (AvgIpc) is 2.13. The van der Waals surface area contributed by atoms with E-state index >= 15 is 0 Å². The van der Waals surface area contributed by atoms with E-state index in [-0.39, 0.29) is 11.3 Å². The first kappa shape index (κ1) is 10.7. The number of Topliss-reactive ketones (excluding diaryl/α,β-unsaturated/α-hetero) is 1. The molecule has 0 radical (unpaired) electrons. The van der Waals surface area contributed by atoms with E-state index in [2.05, 4.69) is 20.8 Å². The molecule has 0 aromatic carbocycles. The Morgan fingerprint density at radius 3 is 2.60 bits per heavy atom. The van der Waals surface area contributed by atoms with Crippen molar-refractivity contribution >= 4 is 5.78 Å². The Morgan fingerprint density at radius 1 is 1.27 bits per heavy atom. The molecule has 0 amide bonds. The van der Waals surface area contributed by atoms with Gasteiger partial charge in [0.2, 0.25) is 0 Å². The fraction of sp³-hybridized carbons (Fsp3) is 0.769. The largest absolute Gasteiger partial charge is 0.497 e. The molecule has 84 valence electrons. The van der Waals surface area contributed by atoms with Crippen LogP contribution in [-0.4, -0.2) is 12.4 Å². The van der Waals surface area contributed by atoms with Crippen molar-refractivity contribution in [2.45, 2.75) is 40.5 Å². The molecule has 0 saturated carbocycles. The Hall–Kier alpha value is -0.790. The van der Waals surface area contributed by atoms with Crippen LogP contribution in [0.4, 0.5) is 0 Å². The first-order valence-electron chi connectivity index (χ1n) is 5.85. The summed E-state index contributed by atoms with van der Waals surface area (Å²) in [7, 11) is 0. The van der Waals surface area contributed by atoms with Crippen LogP contribution < -0.4 is 0 Å². The van der Waals surface area contributed by atoms with Crippen LogP contribution in [0.1, 0.15) is 40.5 Å². The molecule has 2 atom stereocenters. The van der Waals surface area contributed by atoms with E-state index in [0.29, 0.717) is 11.7 Å². The van der Waals surface area contributed by atoms with Crippen LogP contribution in [0.3, 0.4) is 0 Å². The highest BCUT2D eigenvalue weighted by atomic mass is 16.5. The van der Waals surface area contributed by atoms with Gasteiger partial charge in [-0.1, -0.05) is 27.7 Å². The lowest BCUT2D eigenvalue weighted by atomic mass is 9.69. The number of carbonyl (C=O) groups excluding carboxylic acids is 1. The van der Waals surface area contributed by atoms with Crippen LogP contribution in [0.15, 0.2) is 11.3 Å². The molecule has 0 fully saturated rings. The maximum absolute atomic E-state index is 12.2. The van der Waals surface area contributed by atoms with Crippen LogP contribution in [0.5, 0.6) is 0 Å². The van der Waals surface area contributed by atoms with Crippen molar-refractivity contribution in [2.24, 2.45) is 17.3 Å². The number of rotatable bonds is 0. The lowest BCUT2D eigenvalue weighted by Gasteiger charge is -2.40. The summed E-state index contributed by atoms with van der Waals surface area (Å²) in [6.07, 6.45) is 1.89. The van der Waals surface area contributed by atoms with Gasteiger partial charge in [-0.05, 0) is 18.3 Å². The third-order valence-electron chi connectivity index (χ3n) is 3.76. The summed E-state index contributed by atoms with van der Waals surface area (Å²) < 4.78 is 5.71. The highest BCUT2D eigenvalue weighted by Gasteiger charge is 2.42. The summed E-state index contributed by atoms with van der Waals surface area (Å²) in [4.78, 5) is 12.2. The van der Waals surface area contributed by atoms with Gasteiger partial charge in [0.25, 0.3) is 0 Å². The second kappa shape index (κ2) is 3.36. The highest BCUT2D eigenvalue weighted by molar-refractivity contribution is 5.99. The topological polar surface area (TPSA) is 26.3 Å². The second-order valence-corrected chi connectivity index (χ2v) is 5.62. The minimum absolute atomic E-state index is 0.00755. The van der Waals surface area contributed by atoms with Crippen LogP contribution in [0, 0.1) is 17.3 Å². The van der Waals surface area contributed by atoms with Gasteiger partial charge in [0.05, 0.1) is 6.61 Å². The molecule has 0 aromatic rings. The third-order valence-corrected chi connectivity index (χ3v) is 3.76. The normalized spacial score (nSPS) is 34.8. The van der Waals surface area contributed by atoms with Crippen molar-refractivity contribution in [3.63, 3.8) is 0 Å². The van der Waals surface area contributed by atoms with Crippen molar-refractivity contribution < 1.29 is 9.53 Å². The monoisotopic (exact) mass is 208 g/mol. The molecule has 2 nitrogen and oxygen atoms in total. The van der Waals surface area contributed by atoms with E-state index in [0.717, 1.165) is 30.8 Å². The quantitative estimate of drug-likeness (QED) is 0.612. The lowest BCUT2D eigenvalue weighted by Crippen LogP contribution is -2.37. The summed E-state index contributed by atoms with van der Waals surface area (Å²) in [6, 6.07) is 0. The maximum Gasteiger partial charge on any atom is 0.165 e. The van der Waals surface area contributed by atoms with Crippen LogP contribution in [-0.2, 0) is 9.53 Å². The molecule has 1 aliphatic carbocycles. The van der Waals surface area contributed by atoms with Crippen molar-refractivity contribution in [1.82, 2.24) is 0 Å². The number of ether oxygens (including phenoxy) is 1. The molecule has 1 aliphatic heterocycles. The minimum Gasteiger partial charge on any atom is -0.497 e. The van der Waals surface area contributed by atoms with Crippen molar-refractivity contribution in [3.8, 4) is 0 Å². The van der Waals surface area contributed by atoms with Gasteiger partial charge in [0.15, 0.2) is 5.78 Å². The molecule has 2 heteroatoms. The van der Waals surface area contributed by atoms with E-state index in [9.17, 15) is 4.79 Å². The fourth-order valence-electron chi connectivity index (χ4n) is 2.78. The van der Waals surface area contributed by atoms with Gasteiger partial charge in [-0.25, -0.2) is 0 Å². The molecule has 15 heavy (non-hydrogen) atoms. The molecular formula is C13H20O2. The second-order valence-electron chi connectivity index (χ2n) is 5.62. The SMILES string of the molecule is CC1CC(C)C2=C(C1=O)C(C)(C)CCO2. The molecule has 2 aliphatic rings. The molecule has 0 spiro atoms. The van der Waals surface area contributed by atoms with Crippen LogP contribution >= 0.6 is 0 Å². The third kappa shape index (κ3) is 1.60. The summed E-state index contributed by atoms with van der Waals surface area (Å²) >= 11 is 0. The zero-order valence-corrected chi connectivity index (χ0v) is 10.1. The fourth-order valence-corrected chi connectivity index (χ4v) is 2.78. The lowest BCUT2D eigenvalue weighted by molar-refractivity contribution is -0.122. The molecule has 2 unspecified atom stereocenters. The van der Waals surface area contributed by atoms with E-state index in [1.165, 1.54) is 0 Å². The first-order chi connectivity index (χ1) is 6.93. The maximum atomic E-state index is 12.2. The molecule has 0 N–H and O–H groups in total. The summed E-state index contributed by atoms with van der Waals surface area (Å²) in [5.74, 6) is 1.87. The number of carbonyl (C=O) groups is 1. The van der Waals surface area contributed by atoms with Gasteiger partial charge >= 0.3 is 0 Å². The standard InChI is InChI=1S/C13H20O2/c1-8-7-9(2)12-10(11(8)14)13(3,4)5-6-15-12/h8-9H,5-7H2,1-4H3. The van der Waals surface area contributed by atoms with Gasteiger partial charge in [-0.15, -0.1) is 0 Å². The number of ketones is 1. The van der Waals surface area contributed by atoms with E-state index in [4.69, 9.17) is 4.74 Å². The van der Waals surface area contributed by atoms with Crippen LogP contribution in [0.2, 0.25) is 0 Å². The van der Waals surface area contributed by atoms with Gasteiger partial charge in [0.1, 0.15) is 5.76 Å². The van der Waals surface area contributed by atoms with Crippen LogP contribution in [0.25, 0.3) is 0 Å². The Balaban J connectivity index is 2.50. The van der Waals surface area contributed by atoms with Crippen molar-refractivity contribution in [2.75, 3.05) is 6.61 Å². The highest BCUT2D eigenvalue weighted by Crippen LogP contribution is 2.45. The number of hydrogen-bond acceptors (Lipinski definition) is 2. The first-order valence-corrected chi connectivity index (χ1v) is 5.85. The van der Waals surface area contributed by atoms with Crippen molar-refractivity contribution in [3.05, 3.63) is 11.3 Å². The molecule has 0 aromatic heterocycles. The van der Waals surface area contributed by atoms with E-state index in [1.807, 2.05) is 6.92 Å². The average molecular weight is 208 g/mol. The van der Waals surface area contributed by atoms with Gasteiger partial charge < -0.3 is 4.74 Å².